The van der Waals surface area contributed by atoms with Gasteiger partial charge < -0.3 is 20.6 Å². The first kappa shape index (κ1) is 16.0. The van der Waals surface area contributed by atoms with E-state index in [2.05, 4.69) is 29.8 Å². The molecular weight excluding hydrogens is 356 g/mol. The van der Waals surface area contributed by atoms with Crippen molar-refractivity contribution in [1.82, 2.24) is 29.9 Å². The highest BCUT2D eigenvalue weighted by Gasteiger charge is 2.46. The summed E-state index contributed by atoms with van der Waals surface area (Å²) >= 11 is 0. The van der Waals surface area contributed by atoms with Crippen molar-refractivity contribution in [2.75, 3.05) is 23.7 Å². The number of piperidine rings is 1. The van der Waals surface area contributed by atoms with E-state index in [-0.39, 0.29) is 16.9 Å². The molecule has 3 aromatic rings. The normalized spacial score (nSPS) is 24.2. The maximum absolute atomic E-state index is 12.7. The van der Waals surface area contributed by atoms with E-state index >= 15 is 0 Å². The van der Waals surface area contributed by atoms with Gasteiger partial charge in [-0.2, -0.15) is 9.97 Å². The Labute approximate surface area is 160 Å². The summed E-state index contributed by atoms with van der Waals surface area (Å²) in [4.78, 5) is 39.1. The molecule has 2 fully saturated rings. The Bertz CT molecular complexity index is 1150. The summed E-state index contributed by atoms with van der Waals surface area (Å²) in [6.45, 7) is 1.67. The molecule has 1 unspecified atom stereocenters. The zero-order valence-electron chi connectivity index (χ0n) is 15.5. The summed E-state index contributed by atoms with van der Waals surface area (Å²) < 4.78 is 0. The van der Waals surface area contributed by atoms with Gasteiger partial charge in [0.15, 0.2) is 11.5 Å². The second-order valence-corrected chi connectivity index (χ2v) is 8.36. The predicted molar refractivity (Wildman–Crippen MR) is 104 cm³/mol. The third-order valence-corrected chi connectivity index (χ3v) is 6.51. The quantitative estimate of drug-likeness (QED) is 0.614. The summed E-state index contributed by atoms with van der Waals surface area (Å²) in [5, 5.41) is 0. The van der Waals surface area contributed by atoms with E-state index < -0.39 is 0 Å². The number of rotatable bonds is 2. The van der Waals surface area contributed by atoms with Gasteiger partial charge >= 0.3 is 0 Å². The first-order chi connectivity index (χ1) is 13.6. The molecule has 1 atom stereocenters. The average molecular weight is 378 g/mol. The van der Waals surface area contributed by atoms with Gasteiger partial charge in [0, 0.05) is 30.0 Å². The number of nitrogens with two attached hydrogens (primary N) is 1. The standard InChI is InChI=1S/C19H22N8O/c20-18-25-15-12(21-9-22-15)16(26-18)27-7-1-5-19(8-27)6-4-11-13(19)23-14(10-2-3-10)24-17(11)28/h9-10H,1-8H2,(H,23,24,28)(H3,20,21,22,25,26). The van der Waals surface area contributed by atoms with Gasteiger partial charge in [0.25, 0.3) is 5.56 Å². The van der Waals surface area contributed by atoms with Crippen molar-refractivity contribution in [3.63, 3.8) is 0 Å². The van der Waals surface area contributed by atoms with Crippen molar-refractivity contribution in [2.24, 2.45) is 0 Å². The van der Waals surface area contributed by atoms with Crippen molar-refractivity contribution in [3.8, 4) is 0 Å². The molecule has 1 spiro atoms. The lowest BCUT2D eigenvalue weighted by Gasteiger charge is -2.41. The summed E-state index contributed by atoms with van der Waals surface area (Å²) in [5.74, 6) is 2.33. The fourth-order valence-corrected chi connectivity index (χ4v) is 4.99. The molecule has 0 amide bonds. The van der Waals surface area contributed by atoms with E-state index in [1.807, 2.05) is 0 Å². The molecule has 4 N–H and O–H groups in total. The third-order valence-electron chi connectivity index (χ3n) is 6.51. The summed E-state index contributed by atoms with van der Waals surface area (Å²) in [5.41, 5.74) is 9.17. The Morgan fingerprint density at radius 3 is 2.96 bits per heavy atom. The fraction of sp³-hybridized carbons (Fsp3) is 0.526. The lowest BCUT2D eigenvalue weighted by Crippen LogP contribution is -2.46. The first-order valence-corrected chi connectivity index (χ1v) is 9.98. The van der Waals surface area contributed by atoms with Gasteiger partial charge in [-0.05, 0) is 38.5 Å². The van der Waals surface area contributed by atoms with Crippen LogP contribution in [0.3, 0.4) is 0 Å². The summed E-state index contributed by atoms with van der Waals surface area (Å²) in [7, 11) is 0. The molecule has 28 heavy (non-hydrogen) atoms. The molecule has 2 aliphatic carbocycles. The Morgan fingerprint density at radius 1 is 1.21 bits per heavy atom. The molecular formula is C19H22N8O. The zero-order chi connectivity index (χ0) is 18.9. The van der Waals surface area contributed by atoms with E-state index in [0.717, 1.165) is 80.0 Å². The smallest absolute Gasteiger partial charge is 0.254 e. The van der Waals surface area contributed by atoms with E-state index in [4.69, 9.17) is 10.7 Å². The van der Waals surface area contributed by atoms with Crippen LogP contribution in [0.15, 0.2) is 11.1 Å². The highest BCUT2D eigenvalue weighted by Crippen LogP contribution is 2.45. The molecule has 9 heteroatoms. The molecule has 3 aromatic heterocycles. The van der Waals surface area contributed by atoms with Crippen LogP contribution in [-0.2, 0) is 11.8 Å². The van der Waals surface area contributed by atoms with Gasteiger partial charge in [-0.15, -0.1) is 0 Å². The van der Waals surface area contributed by atoms with E-state index in [1.54, 1.807) is 6.33 Å². The van der Waals surface area contributed by atoms with E-state index in [1.165, 1.54) is 0 Å². The molecule has 0 aromatic carbocycles. The number of H-pyrrole nitrogens is 2. The molecule has 0 radical (unpaired) electrons. The van der Waals surface area contributed by atoms with Crippen LogP contribution < -0.4 is 16.2 Å². The molecule has 6 rings (SSSR count). The van der Waals surface area contributed by atoms with Crippen LogP contribution in [0, 0.1) is 0 Å². The van der Waals surface area contributed by atoms with Gasteiger partial charge in [0.05, 0.1) is 12.0 Å². The number of imidazole rings is 1. The third kappa shape index (κ3) is 2.28. The van der Waals surface area contributed by atoms with Crippen LogP contribution in [0.2, 0.25) is 0 Å². The molecule has 4 heterocycles. The van der Waals surface area contributed by atoms with Gasteiger partial charge in [0.1, 0.15) is 11.3 Å². The maximum atomic E-state index is 12.7. The minimum Gasteiger partial charge on any atom is -0.368 e. The largest absolute Gasteiger partial charge is 0.368 e. The second-order valence-electron chi connectivity index (χ2n) is 8.36. The Balaban J connectivity index is 1.44. The molecule has 3 aliphatic rings. The minimum atomic E-state index is -0.0997. The van der Waals surface area contributed by atoms with Crippen LogP contribution in [0.5, 0.6) is 0 Å². The van der Waals surface area contributed by atoms with Crippen molar-refractivity contribution in [3.05, 3.63) is 33.8 Å². The van der Waals surface area contributed by atoms with Crippen molar-refractivity contribution in [2.45, 2.75) is 49.9 Å². The highest BCUT2D eigenvalue weighted by molar-refractivity contribution is 5.84. The molecule has 1 aliphatic heterocycles. The van der Waals surface area contributed by atoms with Gasteiger partial charge in [-0.3, -0.25) is 4.79 Å². The summed E-state index contributed by atoms with van der Waals surface area (Å²) in [6.07, 6.45) is 7.68. The Hall–Kier alpha value is -2.97. The number of nitrogen functional groups attached to an aromatic ring is 1. The van der Waals surface area contributed by atoms with Gasteiger partial charge in [-0.25, -0.2) is 9.97 Å². The fourth-order valence-electron chi connectivity index (χ4n) is 4.99. The van der Waals surface area contributed by atoms with Crippen molar-refractivity contribution >= 4 is 22.9 Å². The second kappa shape index (κ2) is 5.52. The van der Waals surface area contributed by atoms with Crippen molar-refractivity contribution in [1.29, 1.82) is 0 Å². The van der Waals surface area contributed by atoms with Gasteiger partial charge in [0.2, 0.25) is 5.95 Å². The Morgan fingerprint density at radius 2 is 2.11 bits per heavy atom. The molecule has 0 bridgehead atoms. The van der Waals surface area contributed by atoms with Crippen LogP contribution in [0.1, 0.15) is 55.1 Å². The Kier molecular flexibility index (Phi) is 3.16. The topological polar surface area (TPSA) is 129 Å². The number of nitrogens with zero attached hydrogens (tertiary/aromatic N) is 5. The first-order valence-electron chi connectivity index (χ1n) is 9.98. The number of hydrogen-bond donors (Lipinski definition) is 3. The van der Waals surface area contributed by atoms with Crippen molar-refractivity contribution < 1.29 is 0 Å². The van der Waals surface area contributed by atoms with Crippen LogP contribution in [0.4, 0.5) is 11.8 Å². The molecule has 144 valence electrons. The monoisotopic (exact) mass is 378 g/mol. The number of aromatic nitrogens is 6. The maximum Gasteiger partial charge on any atom is 0.254 e. The molecule has 9 nitrogen and oxygen atoms in total. The van der Waals surface area contributed by atoms with E-state index in [0.29, 0.717) is 11.6 Å². The average Bonchev–Trinajstić information content (AvgIpc) is 3.35. The predicted octanol–water partition coefficient (Wildman–Crippen LogP) is 1.38. The van der Waals surface area contributed by atoms with Gasteiger partial charge in [-0.1, -0.05) is 0 Å². The number of aromatic amines is 2. The lowest BCUT2D eigenvalue weighted by atomic mass is 9.77. The minimum absolute atomic E-state index is 0.0585. The number of fused-ring (bicyclic) bond motifs is 3. The number of hydrogen-bond acceptors (Lipinski definition) is 7. The SMILES string of the molecule is Nc1nc(N2CCCC3(CCc4c3nc(C3CC3)[nH]c4=O)C2)c2[nH]cnc2n1. The lowest BCUT2D eigenvalue weighted by molar-refractivity contribution is 0.333. The van der Waals surface area contributed by atoms with Crippen LogP contribution in [-0.4, -0.2) is 43.0 Å². The van der Waals surface area contributed by atoms with E-state index in [9.17, 15) is 4.79 Å². The highest BCUT2D eigenvalue weighted by atomic mass is 16.1. The van der Waals surface area contributed by atoms with Crippen LogP contribution >= 0.6 is 0 Å². The summed E-state index contributed by atoms with van der Waals surface area (Å²) in [6, 6.07) is 0. The number of anilines is 2. The zero-order valence-corrected chi connectivity index (χ0v) is 15.5. The molecule has 1 saturated heterocycles. The number of nitrogens with one attached hydrogen (secondary N) is 2. The van der Waals surface area contributed by atoms with Crippen LogP contribution in [0.25, 0.3) is 11.2 Å². The molecule has 1 saturated carbocycles.